The van der Waals surface area contributed by atoms with Gasteiger partial charge in [-0.15, -0.1) is 0 Å². The molecule has 2 heterocycles. The summed E-state index contributed by atoms with van der Waals surface area (Å²) in [7, 11) is 5.11. The third kappa shape index (κ3) is 3.42. The van der Waals surface area contributed by atoms with Crippen LogP contribution in [-0.2, 0) is 18.3 Å². The van der Waals surface area contributed by atoms with Crippen LogP contribution in [0.2, 0.25) is 0 Å². The summed E-state index contributed by atoms with van der Waals surface area (Å²) in [5.41, 5.74) is 2.07. The predicted molar refractivity (Wildman–Crippen MR) is 94.1 cm³/mol. The van der Waals surface area contributed by atoms with Crippen LogP contribution in [0.5, 0.6) is 5.75 Å². The standard InChI is InChI=1S/C17H21N5O3/c1-18-17(24)21(3)13-4-5-15-14(9-13)22(6-7-25-15)16(23)8-12-10-20(2)11-19-12/h4-5,9-11H,6-8H2,1-3H3,(H,18,24). The SMILES string of the molecule is CNC(=O)N(C)c1ccc2c(c1)N(C(=O)Cc1cn(C)cn1)CCO2. The lowest BCUT2D eigenvalue weighted by atomic mass is 10.1. The Morgan fingerprint density at radius 2 is 2.20 bits per heavy atom. The summed E-state index contributed by atoms with van der Waals surface area (Å²) in [6.45, 7) is 0.900. The van der Waals surface area contributed by atoms with Gasteiger partial charge >= 0.3 is 6.03 Å². The van der Waals surface area contributed by atoms with Gasteiger partial charge in [0.25, 0.3) is 0 Å². The molecule has 1 aliphatic heterocycles. The zero-order valence-corrected chi connectivity index (χ0v) is 14.5. The average Bonchev–Trinajstić information content (AvgIpc) is 3.04. The van der Waals surface area contributed by atoms with E-state index in [2.05, 4.69) is 10.3 Å². The van der Waals surface area contributed by atoms with Crippen molar-refractivity contribution in [3.63, 3.8) is 0 Å². The molecule has 0 fully saturated rings. The number of benzene rings is 1. The number of rotatable bonds is 3. The van der Waals surface area contributed by atoms with Crippen molar-refractivity contribution in [2.75, 3.05) is 37.0 Å². The lowest BCUT2D eigenvalue weighted by Gasteiger charge is -2.30. The van der Waals surface area contributed by atoms with Crippen LogP contribution in [0.3, 0.4) is 0 Å². The maximum Gasteiger partial charge on any atom is 0.321 e. The van der Waals surface area contributed by atoms with Crippen LogP contribution >= 0.6 is 0 Å². The van der Waals surface area contributed by atoms with Gasteiger partial charge < -0.3 is 19.5 Å². The summed E-state index contributed by atoms with van der Waals surface area (Å²) in [5, 5.41) is 2.58. The fourth-order valence-corrected chi connectivity index (χ4v) is 2.77. The fraction of sp³-hybridized carbons (Fsp3) is 0.353. The maximum absolute atomic E-state index is 12.7. The third-order valence-electron chi connectivity index (χ3n) is 4.10. The molecular formula is C17H21N5O3. The summed E-state index contributed by atoms with van der Waals surface area (Å²) in [6.07, 6.45) is 3.72. The average molecular weight is 343 g/mol. The van der Waals surface area contributed by atoms with Crippen LogP contribution in [-0.4, -0.2) is 48.7 Å². The Labute approximate surface area is 146 Å². The van der Waals surface area contributed by atoms with Gasteiger partial charge in [-0.05, 0) is 18.2 Å². The predicted octanol–water partition coefficient (Wildman–Crippen LogP) is 1.16. The van der Waals surface area contributed by atoms with Crippen molar-refractivity contribution in [3.8, 4) is 5.75 Å². The van der Waals surface area contributed by atoms with E-state index in [0.29, 0.717) is 30.3 Å². The Balaban J connectivity index is 1.86. The number of hydrogen-bond acceptors (Lipinski definition) is 4. The first-order valence-corrected chi connectivity index (χ1v) is 7.99. The highest BCUT2D eigenvalue weighted by molar-refractivity contribution is 5.98. The molecule has 0 aliphatic carbocycles. The number of fused-ring (bicyclic) bond motifs is 1. The molecule has 0 saturated heterocycles. The minimum absolute atomic E-state index is 0.0528. The Hall–Kier alpha value is -3.03. The van der Waals surface area contributed by atoms with E-state index in [1.807, 2.05) is 17.8 Å². The van der Waals surface area contributed by atoms with Crippen LogP contribution in [0.15, 0.2) is 30.7 Å². The van der Waals surface area contributed by atoms with Crippen molar-refractivity contribution in [3.05, 3.63) is 36.4 Å². The molecule has 132 valence electrons. The smallest absolute Gasteiger partial charge is 0.321 e. The molecule has 0 unspecified atom stereocenters. The number of anilines is 2. The molecule has 0 bridgehead atoms. The van der Waals surface area contributed by atoms with Crippen LogP contribution in [0, 0.1) is 0 Å². The van der Waals surface area contributed by atoms with E-state index in [4.69, 9.17) is 4.74 Å². The van der Waals surface area contributed by atoms with Gasteiger partial charge in [-0.3, -0.25) is 9.69 Å². The topological polar surface area (TPSA) is 79.7 Å². The van der Waals surface area contributed by atoms with E-state index in [9.17, 15) is 9.59 Å². The van der Waals surface area contributed by atoms with E-state index in [0.717, 1.165) is 5.69 Å². The van der Waals surface area contributed by atoms with Gasteiger partial charge in [0.1, 0.15) is 12.4 Å². The number of ether oxygens (including phenoxy) is 1. The fourth-order valence-electron chi connectivity index (χ4n) is 2.77. The van der Waals surface area contributed by atoms with Crippen molar-refractivity contribution in [1.29, 1.82) is 0 Å². The first kappa shape index (κ1) is 16.8. The summed E-state index contributed by atoms with van der Waals surface area (Å²) in [6, 6.07) is 5.13. The molecule has 0 radical (unpaired) electrons. The summed E-state index contributed by atoms with van der Waals surface area (Å²) in [5.74, 6) is 0.581. The molecule has 1 aliphatic rings. The van der Waals surface area contributed by atoms with Gasteiger partial charge in [-0.25, -0.2) is 9.78 Å². The largest absolute Gasteiger partial charge is 0.490 e. The highest BCUT2D eigenvalue weighted by Crippen LogP contribution is 2.35. The number of imidazole rings is 1. The summed E-state index contributed by atoms with van der Waals surface area (Å²) < 4.78 is 7.46. The molecule has 1 aromatic heterocycles. The molecule has 8 nitrogen and oxygen atoms in total. The van der Waals surface area contributed by atoms with Crippen molar-refractivity contribution < 1.29 is 14.3 Å². The number of aromatic nitrogens is 2. The zero-order chi connectivity index (χ0) is 18.0. The Bertz CT molecular complexity index is 801. The van der Waals surface area contributed by atoms with Crippen LogP contribution in [0.4, 0.5) is 16.2 Å². The van der Waals surface area contributed by atoms with Crippen molar-refractivity contribution in [2.45, 2.75) is 6.42 Å². The zero-order valence-electron chi connectivity index (χ0n) is 14.5. The number of carbonyl (C=O) groups is 2. The van der Waals surface area contributed by atoms with E-state index in [1.165, 1.54) is 4.90 Å². The van der Waals surface area contributed by atoms with Gasteiger partial charge in [0, 0.05) is 33.0 Å². The van der Waals surface area contributed by atoms with Gasteiger partial charge in [-0.2, -0.15) is 0 Å². The Kier molecular flexibility index (Phi) is 4.60. The lowest BCUT2D eigenvalue weighted by Crippen LogP contribution is -2.39. The molecule has 0 atom stereocenters. The van der Waals surface area contributed by atoms with Gasteiger partial charge in [0.15, 0.2) is 0 Å². The molecule has 0 saturated carbocycles. The molecule has 3 amide bonds. The highest BCUT2D eigenvalue weighted by atomic mass is 16.5. The second-order valence-electron chi connectivity index (χ2n) is 5.87. The highest BCUT2D eigenvalue weighted by Gasteiger charge is 2.25. The Morgan fingerprint density at radius 3 is 2.88 bits per heavy atom. The van der Waals surface area contributed by atoms with Crippen molar-refractivity contribution in [1.82, 2.24) is 14.9 Å². The van der Waals surface area contributed by atoms with E-state index in [-0.39, 0.29) is 18.4 Å². The number of nitrogens with zero attached hydrogens (tertiary/aromatic N) is 4. The number of carbonyl (C=O) groups excluding carboxylic acids is 2. The van der Waals surface area contributed by atoms with Gasteiger partial charge in [0.2, 0.25) is 5.91 Å². The van der Waals surface area contributed by atoms with Crippen LogP contribution in [0.25, 0.3) is 0 Å². The molecule has 2 aromatic rings. The molecule has 1 N–H and O–H groups in total. The summed E-state index contributed by atoms with van der Waals surface area (Å²) >= 11 is 0. The van der Waals surface area contributed by atoms with Gasteiger partial charge in [0.05, 0.1) is 30.7 Å². The van der Waals surface area contributed by atoms with Gasteiger partial charge in [-0.1, -0.05) is 0 Å². The van der Waals surface area contributed by atoms with E-state index < -0.39 is 0 Å². The molecule has 25 heavy (non-hydrogen) atoms. The maximum atomic E-state index is 12.7. The number of aryl methyl sites for hydroxylation is 1. The quantitative estimate of drug-likeness (QED) is 0.907. The van der Waals surface area contributed by atoms with E-state index in [1.54, 1.807) is 43.5 Å². The van der Waals surface area contributed by atoms with Crippen LogP contribution < -0.4 is 19.9 Å². The minimum Gasteiger partial charge on any atom is -0.490 e. The second-order valence-corrected chi connectivity index (χ2v) is 5.87. The number of amides is 3. The number of nitrogens with one attached hydrogen (secondary N) is 1. The normalized spacial score (nSPS) is 13.0. The molecule has 8 heteroatoms. The second kappa shape index (κ2) is 6.84. The van der Waals surface area contributed by atoms with Crippen molar-refractivity contribution >= 4 is 23.3 Å². The monoisotopic (exact) mass is 343 g/mol. The first-order valence-electron chi connectivity index (χ1n) is 7.99. The molecule has 3 rings (SSSR count). The minimum atomic E-state index is -0.233. The van der Waals surface area contributed by atoms with Crippen molar-refractivity contribution in [2.24, 2.45) is 7.05 Å². The number of hydrogen-bond donors (Lipinski definition) is 1. The molecular weight excluding hydrogens is 322 g/mol. The third-order valence-corrected chi connectivity index (χ3v) is 4.10. The number of urea groups is 1. The molecule has 0 spiro atoms. The van der Waals surface area contributed by atoms with Crippen LogP contribution in [0.1, 0.15) is 5.69 Å². The summed E-state index contributed by atoms with van der Waals surface area (Å²) in [4.78, 5) is 32.0. The van der Waals surface area contributed by atoms with E-state index >= 15 is 0 Å². The lowest BCUT2D eigenvalue weighted by molar-refractivity contribution is -0.118. The Morgan fingerprint density at radius 1 is 1.40 bits per heavy atom. The molecule has 1 aromatic carbocycles. The first-order chi connectivity index (χ1) is 12.0.